The molecular formula is C21H14N4OS2. The van der Waals surface area contributed by atoms with E-state index in [9.17, 15) is 4.79 Å². The number of thiophene rings is 1. The van der Waals surface area contributed by atoms with Crippen LogP contribution >= 0.6 is 22.7 Å². The van der Waals surface area contributed by atoms with Crippen molar-refractivity contribution in [3.8, 4) is 27.0 Å². The summed E-state index contributed by atoms with van der Waals surface area (Å²) in [6.45, 7) is 1.89. The summed E-state index contributed by atoms with van der Waals surface area (Å²) < 4.78 is 2.20. The Morgan fingerprint density at radius 1 is 0.964 bits per heavy atom. The van der Waals surface area contributed by atoms with Crippen molar-refractivity contribution in [3.63, 3.8) is 0 Å². The van der Waals surface area contributed by atoms with Gasteiger partial charge in [-0.2, -0.15) is 0 Å². The average molecular weight is 403 g/mol. The quantitative estimate of drug-likeness (QED) is 0.429. The summed E-state index contributed by atoms with van der Waals surface area (Å²) in [5.41, 5.74) is 2.71. The highest BCUT2D eigenvalue weighted by molar-refractivity contribution is 7.25. The topological polar surface area (TPSA) is 60.7 Å². The maximum absolute atomic E-state index is 13.5. The molecule has 4 heterocycles. The number of aryl methyl sites for hydroxylation is 1. The molecule has 0 unspecified atom stereocenters. The van der Waals surface area contributed by atoms with E-state index < -0.39 is 0 Å². The summed E-state index contributed by atoms with van der Waals surface area (Å²) in [5, 5.41) is 2.82. The molecule has 28 heavy (non-hydrogen) atoms. The van der Waals surface area contributed by atoms with E-state index >= 15 is 0 Å². The van der Waals surface area contributed by atoms with E-state index in [0.717, 1.165) is 26.8 Å². The van der Waals surface area contributed by atoms with Crippen molar-refractivity contribution in [1.29, 1.82) is 0 Å². The zero-order valence-corrected chi connectivity index (χ0v) is 16.5. The van der Waals surface area contributed by atoms with E-state index in [1.807, 2.05) is 66.9 Å². The molecule has 4 aromatic heterocycles. The fraction of sp³-hybridized carbons (Fsp3) is 0.0476. The predicted molar refractivity (Wildman–Crippen MR) is 114 cm³/mol. The monoisotopic (exact) mass is 402 g/mol. The fourth-order valence-corrected chi connectivity index (χ4v) is 4.83. The van der Waals surface area contributed by atoms with E-state index in [4.69, 9.17) is 4.98 Å². The number of rotatable bonds is 3. The first kappa shape index (κ1) is 17.0. The molecule has 0 saturated heterocycles. The van der Waals surface area contributed by atoms with Crippen molar-refractivity contribution < 1.29 is 0 Å². The Kier molecular flexibility index (Phi) is 4.11. The summed E-state index contributed by atoms with van der Waals surface area (Å²) in [7, 11) is 0. The molecule has 5 rings (SSSR count). The smallest absolute Gasteiger partial charge is 0.267 e. The van der Waals surface area contributed by atoms with Crippen molar-refractivity contribution in [1.82, 2.24) is 19.5 Å². The minimum atomic E-state index is -0.125. The molecule has 0 bridgehead atoms. The molecule has 7 heteroatoms. The van der Waals surface area contributed by atoms with Gasteiger partial charge in [-0.15, -0.1) is 22.7 Å². The van der Waals surface area contributed by atoms with Crippen molar-refractivity contribution in [2.45, 2.75) is 6.92 Å². The van der Waals surface area contributed by atoms with Crippen LogP contribution < -0.4 is 5.56 Å². The summed E-state index contributed by atoms with van der Waals surface area (Å²) in [5.74, 6) is 0.567. The normalized spacial score (nSPS) is 11.2. The van der Waals surface area contributed by atoms with E-state index in [2.05, 4.69) is 9.97 Å². The summed E-state index contributed by atoms with van der Waals surface area (Å²) >= 11 is 2.99. The third-order valence-corrected chi connectivity index (χ3v) is 6.49. The number of benzene rings is 1. The van der Waals surface area contributed by atoms with Gasteiger partial charge in [-0.1, -0.05) is 36.4 Å². The predicted octanol–water partition coefficient (Wildman–Crippen LogP) is 4.94. The van der Waals surface area contributed by atoms with Gasteiger partial charge in [0.15, 0.2) is 5.65 Å². The van der Waals surface area contributed by atoms with Gasteiger partial charge in [0.25, 0.3) is 5.56 Å². The van der Waals surface area contributed by atoms with E-state index in [1.165, 1.54) is 11.3 Å². The third kappa shape index (κ3) is 2.76. The van der Waals surface area contributed by atoms with Crippen LogP contribution in [0, 0.1) is 6.92 Å². The van der Waals surface area contributed by atoms with Crippen molar-refractivity contribution in [2.24, 2.45) is 0 Å². The van der Waals surface area contributed by atoms with E-state index in [-0.39, 0.29) is 5.56 Å². The standard InChI is InChI=1S/C21H14N4OS2/c1-13-15(9-5-11-22-13)25-19(14-7-3-2-4-8-14)23-18-17(21(25)26)28-20(24-18)16-10-6-12-27-16/h2-12H,1H3. The number of hydrogen-bond donors (Lipinski definition) is 0. The molecule has 0 amide bonds. The molecule has 0 saturated carbocycles. The summed E-state index contributed by atoms with van der Waals surface area (Å²) in [4.78, 5) is 28.4. The van der Waals surface area contributed by atoms with Crippen LogP contribution in [0.25, 0.3) is 37.3 Å². The lowest BCUT2D eigenvalue weighted by Crippen LogP contribution is -2.22. The Balaban J connectivity index is 1.87. The zero-order chi connectivity index (χ0) is 19.1. The molecule has 136 valence electrons. The molecule has 0 spiro atoms. The Hall–Kier alpha value is -3.16. The Bertz CT molecular complexity index is 1340. The number of fused-ring (bicyclic) bond motifs is 1. The van der Waals surface area contributed by atoms with Crippen LogP contribution in [0.15, 0.2) is 71.0 Å². The number of nitrogens with zero attached hydrogens (tertiary/aromatic N) is 4. The van der Waals surface area contributed by atoms with Crippen molar-refractivity contribution >= 4 is 33.0 Å². The zero-order valence-electron chi connectivity index (χ0n) is 14.9. The molecular weight excluding hydrogens is 388 g/mol. The lowest BCUT2D eigenvalue weighted by atomic mass is 10.2. The lowest BCUT2D eigenvalue weighted by molar-refractivity contribution is 0.946. The molecule has 0 fully saturated rings. The number of hydrogen-bond acceptors (Lipinski definition) is 6. The molecule has 0 atom stereocenters. The van der Waals surface area contributed by atoms with Gasteiger partial charge in [-0.25, -0.2) is 9.97 Å². The van der Waals surface area contributed by atoms with Gasteiger partial charge in [-0.05, 0) is 30.5 Å². The number of pyridine rings is 1. The van der Waals surface area contributed by atoms with Gasteiger partial charge in [0, 0.05) is 11.8 Å². The molecule has 1 aromatic carbocycles. The maximum Gasteiger partial charge on any atom is 0.278 e. The van der Waals surface area contributed by atoms with Crippen LogP contribution in [0.1, 0.15) is 5.69 Å². The van der Waals surface area contributed by atoms with E-state index in [1.54, 1.807) is 22.1 Å². The molecule has 0 aliphatic carbocycles. The maximum atomic E-state index is 13.5. The van der Waals surface area contributed by atoms with Gasteiger partial charge in [0.2, 0.25) is 0 Å². The Morgan fingerprint density at radius 3 is 2.57 bits per heavy atom. The van der Waals surface area contributed by atoms with E-state index in [0.29, 0.717) is 16.2 Å². The minimum Gasteiger partial charge on any atom is -0.267 e. The van der Waals surface area contributed by atoms with Crippen LogP contribution in [0.2, 0.25) is 0 Å². The average Bonchev–Trinajstić information content (AvgIpc) is 3.39. The molecule has 5 nitrogen and oxygen atoms in total. The van der Waals surface area contributed by atoms with Crippen LogP contribution in [0.5, 0.6) is 0 Å². The van der Waals surface area contributed by atoms with Gasteiger partial charge in [0.1, 0.15) is 15.5 Å². The second-order valence-electron chi connectivity index (χ2n) is 6.20. The largest absolute Gasteiger partial charge is 0.278 e. The lowest BCUT2D eigenvalue weighted by Gasteiger charge is -2.13. The first-order valence-electron chi connectivity index (χ1n) is 8.67. The number of thiazole rings is 1. The SMILES string of the molecule is Cc1ncccc1-n1c(-c2ccccc2)nc2nc(-c3cccs3)sc2c1=O. The van der Waals surface area contributed by atoms with Gasteiger partial charge in [0.05, 0.1) is 16.3 Å². The highest BCUT2D eigenvalue weighted by Crippen LogP contribution is 2.32. The minimum absolute atomic E-state index is 0.125. The number of aromatic nitrogens is 4. The summed E-state index contributed by atoms with van der Waals surface area (Å²) in [6, 6.07) is 17.4. The summed E-state index contributed by atoms with van der Waals surface area (Å²) in [6.07, 6.45) is 1.72. The highest BCUT2D eigenvalue weighted by Gasteiger charge is 2.19. The van der Waals surface area contributed by atoms with Gasteiger partial charge >= 0.3 is 0 Å². The van der Waals surface area contributed by atoms with Gasteiger partial charge in [-0.3, -0.25) is 14.3 Å². The fourth-order valence-electron chi connectivity index (χ4n) is 3.10. The Labute approximate surface area is 168 Å². The molecule has 5 aromatic rings. The highest BCUT2D eigenvalue weighted by atomic mass is 32.1. The van der Waals surface area contributed by atoms with Crippen molar-refractivity contribution in [2.75, 3.05) is 0 Å². The van der Waals surface area contributed by atoms with Crippen molar-refractivity contribution in [3.05, 3.63) is 82.2 Å². The second-order valence-corrected chi connectivity index (χ2v) is 8.15. The molecule has 0 radical (unpaired) electrons. The second kappa shape index (κ2) is 6.78. The van der Waals surface area contributed by atoms with Crippen LogP contribution in [-0.4, -0.2) is 19.5 Å². The van der Waals surface area contributed by atoms with Crippen LogP contribution in [0.4, 0.5) is 0 Å². The van der Waals surface area contributed by atoms with Crippen LogP contribution in [0.3, 0.4) is 0 Å². The van der Waals surface area contributed by atoms with Crippen LogP contribution in [-0.2, 0) is 0 Å². The first-order chi connectivity index (χ1) is 13.7. The molecule has 0 aliphatic rings. The van der Waals surface area contributed by atoms with Gasteiger partial charge < -0.3 is 0 Å². The third-order valence-electron chi connectivity index (χ3n) is 4.41. The molecule has 0 aliphatic heterocycles. The Morgan fingerprint density at radius 2 is 1.82 bits per heavy atom. The molecule has 0 N–H and O–H groups in total. The first-order valence-corrected chi connectivity index (χ1v) is 10.4.